The molecule has 0 aliphatic carbocycles. The number of ether oxygens (including phenoxy) is 2. The first-order valence-corrected chi connectivity index (χ1v) is 4.19. The molecule has 0 bridgehead atoms. The highest BCUT2D eigenvalue weighted by Gasteiger charge is 2.13. The molecule has 0 amide bonds. The molecule has 4 nitrogen and oxygen atoms in total. The molecule has 0 radical (unpaired) electrons. The molecule has 0 saturated heterocycles. The Kier molecular flexibility index (Phi) is 3.19. The van der Waals surface area contributed by atoms with Gasteiger partial charge in [0.1, 0.15) is 5.75 Å². The Morgan fingerprint density at radius 3 is 2.57 bits per heavy atom. The fraction of sp³-hybridized carbons (Fsp3) is 0.222. The highest BCUT2D eigenvalue weighted by molar-refractivity contribution is 6.33. The number of nitrogen functional groups attached to an aromatic ring is 1. The van der Waals surface area contributed by atoms with Crippen LogP contribution in [0.3, 0.4) is 0 Å². The van der Waals surface area contributed by atoms with Gasteiger partial charge in [0.25, 0.3) is 0 Å². The number of carbonyl (C=O) groups is 1. The lowest BCUT2D eigenvalue weighted by Gasteiger charge is -2.07. The van der Waals surface area contributed by atoms with Crippen LogP contribution in [0.4, 0.5) is 5.69 Å². The van der Waals surface area contributed by atoms with Crippen molar-refractivity contribution < 1.29 is 14.3 Å². The van der Waals surface area contributed by atoms with Gasteiger partial charge in [-0.25, -0.2) is 4.79 Å². The lowest BCUT2D eigenvalue weighted by molar-refractivity contribution is 0.0601. The Balaban J connectivity index is 3.21. The van der Waals surface area contributed by atoms with Crippen molar-refractivity contribution in [2.24, 2.45) is 0 Å². The Morgan fingerprint density at radius 2 is 2.07 bits per heavy atom. The van der Waals surface area contributed by atoms with E-state index in [1.54, 1.807) is 0 Å². The number of methoxy groups -OCH3 is 2. The Bertz CT molecular complexity index is 365. The van der Waals surface area contributed by atoms with Crippen molar-refractivity contribution in [3.8, 4) is 5.75 Å². The second kappa shape index (κ2) is 4.19. The summed E-state index contributed by atoms with van der Waals surface area (Å²) in [5.41, 5.74) is 6.18. The first-order chi connectivity index (χ1) is 6.60. The van der Waals surface area contributed by atoms with E-state index in [0.717, 1.165) is 0 Å². The number of carbonyl (C=O) groups excluding carboxylic acids is 1. The van der Waals surface area contributed by atoms with Crippen molar-refractivity contribution in [3.05, 3.63) is 22.7 Å². The van der Waals surface area contributed by atoms with E-state index in [0.29, 0.717) is 11.4 Å². The maximum atomic E-state index is 11.2. The van der Waals surface area contributed by atoms with Crippen LogP contribution in [0.5, 0.6) is 5.75 Å². The maximum absolute atomic E-state index is 11.2. The molecule has 0 heterocycles. The van der Waals surface area contributed by atoms with Crippen LogP contribution in [-0.4, -0.2) is 20.2 Å². The Hall–Kier alpha value is -1.42. The molecule has 0 aliphatic heterocycles. The van der Waals surface area contributed by atoms with E-state index in [1.807, 2.05) is 0 Å². The van der Waals surface area contributed by atoms with Gasteiger partial charge in [0.05, 0.1) is 30.5 Å². The molecule has 0 spiro atoms. The summed E-state index contributed by atoms with van der Waals surface area (Å²) in [4.78, 5) is 11.2. The summed E-state index contributed by atoms with van der Waals surface area (Å²) in [6.45, 7) is 0. The van der Waals surface area contributed by atoms with Crippen molar-refractivity contribution in [2.45, 2.75) is 0 Å². The topological polar surface area (TPSA) is 61.5 Å². The fourth-order valence-corrected chi connectivity index (χ4v) is 1.25. The van der Waals surface area contributed by atoms with E-state index >= 15 is 0 Å². The summed E-state index contributed by atoms with van der Waals surface area (Å²) in [5, 5.41) is 0.253. The number of hydrogen-bond donors (Lipinski definition) is 1. The van der Waals surface area contributed by atoms with Crippen LogP contribution in [0.25, 0.3) is 0 Å². The molecule has 14 heavy (non-hydrogen) atoms. The molecule has 1 aromatic carbocycles. The molecule has 0 unspecified atom stereocenters. The van der Waals surface area contributed by atoms with Gasteiger partial charge >= 0.3 is 5.97 Å². The van der Waals surface area contributed by atoms with Crippen molar-refractivity contribution in [2.75, 3.05) is 20.0 Å². The van der Waals surface area contributed by atoms with Crippen molar-refractivity contribution >= 4 is 23.3 Å². The molecule has 0 atom stereocenters. The molecule has 1 rings (SSSR count). The summed E-state index contributed by atoms with van der Waals surface area (Å²) in [6.07, 6.45) is 0. The normalized spacial score (nSPS) is 9.64. The number of benzene rings is 1. The zero-order valence-corrected chi connectivity index (χ0v) is 8.59. The largest absolute Gasteiger partial charge is 0.495 e. The number of nitrogens with two attached hydrogens (primary N) is 1. The second-order valence-corrected chi connectivity index (χ2v) is 2.97. The molecule has 1 aromatic rings. The molecule has 76 valence electrons. The van der Waals surface area contributed by atoms with E-state index in [2.05, 4.69) is 4.74 Å². The first kappa shape index (κ1) is 10.7. The average molecular weight is 216 g/mol. The summed E-state index contributed by atoms with van der Waals surface area (Å²) in [7, 11) is 2.75. The molecular formula is C9H10ClNO3. The first-order valence-electron chi connectivity index (χ1n) is 3.81. The van der Waals surface area contributed by atoms with Crippen LogP contribution in [0.2, 0.25) is 5.02 Å². The number of halogens is 1. The summed E-state index contributed by atoms with van der Waals surface area (Å²) < 4.78 is 9.46. The number of rotatable bonds is 2. The zero-order valence-electron chi connectivity index (χ0n) is 7.83. The second-order valence-electron chi connectivity index (χ2n) is 2.57. The van der Waals surface area contributed by atoms with Gasteiger partial charge in [0, 0.05) is 6.07 Å². The molecule has 0 saturated carbocycles. The van der Waals surface area contributed by atoms with E-state index in [-0.39, 0.29) is 10.6 Å². The van der Waals surface area contributed by atoms with E-state index in [1.165, 1.54) is 26.4 Å². The molecule has 2 N–H and O–H groups in total. The van der Waals surface area contributed by atoms with E-state index in [4.69, 9.17) is 22.1 Å². The van der Waals surface area contributed by atoms with Gasteiger partial charge in [0.15, 0.2) is 0 Å². The van der Waals surface area contributed by atoms with Gasteiger partial charge in [-0.3, -0.25) is 0 Å². The summed E-state index contributed by atoms with van der Waals surface area (Å²) in [6, 6.07) is 2.90. The van der Waals surface area contributed by atoms with E-state index < -0.39 is 5.97 Å². The van der Waals surface area contributed by atoms with Crippen LogP contribution < -0.4 is 10.5 Å². The number of anilines is 1. The van der Waals surface area contributed by atoms with Crippen LogP contribution >= 0.6 is 11.6 Å². The monoisotopic (exact) mass is 215 g/mol. The van der Waals surface area contributed by atoms with Crippen LogP contribution in [-0.2, 0) is 4.74 Å². The summed E-state index contributed by atoms with van der Waals surface area (Å²) >= 11 is 5.82. The maximum Gasteiger partial charge on any atom is 0.339 e. The lowest BCUT2D eigenvalue weighted by Crippen LogP contribution is -2.04. The SMILES string of the molecule is COC(=O)c1cc(N)c(OC)cc1Cl. The zero-order chi connectivity index (χ0) is 10.7. The van der Waals surface area contributed by atoms with Crippen LogP contribution in [0.15, 0.2) is 12.1 Å². The highest BCUT2D eigenvalue weighted by atomic mass is 35.5. The average Bonchev–Trinajstić information content (AvgIpc) is 2.19. The highest BCUT2D eigenvalue weighted by Crippen LogP contribution is 2.29. The summed E-state index contributed by atoms with van der Waals surface area (Å²) in [5.74, 6) is -0.0907. The van der Waals surface area contributed by atoms with Gasteiger partial charge in [-0.2, -0.15) is 0 Å². The van der Waals surface area contributed by atoms with Crippen LogP contribution in [0, 0.1) is 0 Å². The molecular weight excluding hydrogens is 206 g/mol. The van der Waals surface area contributed by atoms with E-state index in [9.17, 15) is 4.79 Å². The Morgan fingerprint density at radius 1 is 1.43 bits per heavy atom. The molecule has 5 heteroatoms. The minimum Gasteiger partial charge on any atom is -0.495 e. The van der Waals surface area contributed by atoms with Gasteiger partial charge in [-0.05, 0) is 6.07 Å². The predicted octanol–water partition coefficient (Wildman–Crippen LogP) is 1.72. The molecule has 0 fully saturated rings. The quantitative estimate of drug-likeness (QED) is 0.603. The molecule has 0 aliphatic rings. The van der Waals surface area contributed by atoms with Gasteiger partial charge in [-0.15, -0.1) is 0 Å². The minimum absolute atomic E-state index is 0.229. The smallest absolute Gasteiger partial charge is 0.339 e. The third-order valence-corrected chi connectivity index (χ3v) is 2.04. The van der Waals surface area contributed by atoms with Gasteiger partial charge in [-0.1, -0.05) is 11.6 Å². The predicted molar refractivity (Wildman–Crippen MR) is 53.8 cm³/mol. The van der Waals surface area contributed by atoms with Crippen molar-refractivity contribution in [3.63, 3.8) is 0 Å². The third-order valence-electron chi connectivity index (χ3n) is 1.72. The minimum atomic E-state index is -0.524. The van der Waals surface area contributed by atoms with Gasteiger partial charge < -0.3 is 15.2 Å². The fourth-order valence-electron chi connectivity index (χ4n) is 1.01. The third kappa shape index (κ3) is 1.90. The van der Waals surface area contributed by atoms with Crippen molar-refractivity contribution in [1.29, 1.82) is 0 Å². The lowest BCUT2D eigenvalue weighted by atomic mass is 10.2. The Labute approximate surface area is 86.6 Å². The standard InChI is InChI=1S/C9H10ClNO3/c1-13-8-4-6(10)5(3-7(8)11)9(12)14-2/h3-4H,11H2,1-2H3. The number of esters is 1. The number of hydrogen-bond acceptors (Lipinski definition) is 4. The van der Waals surface area contributed by atoms with Gasteiger partial charge in [0.2, 0.25) is 0 Å². The molecule has 0 aromatic heterocycles. The van der Waals surface area contributed by atoms with Crippen LogP contribution in [0.1, 0.15) is 10.4 Å². The van der Waals surface area contributed by atoms with Crippen molar-refractivity contribution in [1.82, 2.24) is 0 Å².